The molecular weight excluding hydrogens is 353 g/mol. The molecular formula is C16H13Cl2N3OS. The molecule has 0 atom stereocenters. The van der Waals surface area contributed by atoms with E-state index in [0.29, 0.717) is 20.7 Å². The van der Waals surface area contributed by atoms with E-state index in [1.54, 1.807) is 18.2 Å². The summed E-state index contributed by atoms with van der Waals surface area (Å²) in [6.45, 7) is 3.86. The van der Waals surface area contributed by atoms with E-state index >= 15 is 0 Å². The van der Waals surface area contributed by atoms with Crippen LogP contribution in [0.2, 0.25) is 10.0 Å². The number of rotatable bonds is 2. The number of benzene rings is 2. The molecule has 3 rings (SSSR count). The van der Waals surface area contributed by atoms with E-state index < -0.39 is 0 Å². The molecule has 4 nitrogen and oxygen atoms in total. The number of amides is 1. The highest BCUT2D eigenvalue weighted by molar-refractivity contribution is 7.22. The molecule has 1 aromatic heterocycles. The number of carbonyl (C=O) groups excluding carboxylic acids is 1. The number of nitrogens with zero attached hydrogens (tertiary/aromatic N) is 1. The second-order valence-electron chi connectivity index (χ2n) is 5.18. The fraction of sp³-hybridized carbons (Fsp3) is 0.125. The molecule has 0 radical (unpaired) electrons. The van der Waals surface area contributed by atoms with Gasteiger partial charge in [-0.05, 0) is 49.2 Å². The van der Waals surface area contributed by atoms with E-state index in [0.717, 1.165) is 27.0 Å². The maximum Gasteiger partial charge on any atom is 0.255 e. The topological polar surface area (TPSA) is 68.0 Å². The van der Waals surface area contributed by atoms with Crippen molar-refractivity contribution in [3.63, 3.8) is 0 Å². The van der Waals surface area contributed by atoms with E-state index in [9.17, 15) is 4.79 Å². The molecule has 3 N–H and O–H groups in total. The Morgan fingerprint density at radius 3 is 2.65 bits per heavy atom. The maximum atomic E-state index is 12.5. The van der Waals surface area contributed by atoms with Gasteiger partial charge in [-0.15, -0.1) is 0 Å². The fourth-order valence-electron chi connectivity index (χ4n) is 2.42. The molecule has 1 heterocycles. The summed E-state index contributed by atoms with van der Waals surface area (Å²) >= 11 is 13.3. The second kappa shape index (κ2) is 6.00. The molecule has 2 aromatic carbocycles. The van der Waals surface area contributed by atoms with E-state index in [1.807, 2.05) is 19.9 Å². The van der Waals surface area contributed by atoms with Crippen LogP contribution < -0.4 is 11.1 Å². The number of carbonyl (C=O) groups is 1. The molecule has 0 aliphatic carbocycles. The minimum absolute atomic E-state index is 0.244. The summed E-state index contributed by atoms with van der Waals surface area (Å²) in [4.78, 5) is 16.8. The lowest BCUT2D eigenvalue weighted by atomic mass is 10.1. The number of hydrogen-bond donors (Lipinski definition) is 2. The summed E-state index contributed by atoms with van der Waals surface area (Å²) in [6, 6.07) is 6.70. The van der Waals surface area contributed by atoms with Crippen molar-refractivity contribution in [3.05, 3.63) is 51.0 Å². The van der Waals surface area contributed by atoms with Crippen molar-refractivity contribution in [2.24, 2.45) is 0 Å². The minimum atomic E-state index is -0.244. The number of nitrogens with two attached hydrogens (primary N) is 1. The Hall–Kier alpha value is -1.82. The Bertz CT molecular complexity index is 937. The molecule has 1 amide bonds. The highest BCUT2D eigenvalue weighted by Gasteiger charge is 2.15. The number of halogens is 2. The van der Waals surface area contributed by atoms with Crippen LogP contribution in [-0.4, -0.2) is 10.9 Å². The first kappa shape index (κ1) is 16.1. The monoisotopic (exact) mass is 365 g/mol. The van der Waals surface area contributed by atoms with Crippen LogP contribution in [0.15, 0.2) is 24.3 Å². The van der Waals surface area contributed by atoms with E-state index in [4.69, 9.17) is 28.9 Å². The smallest absolute Gasteiger partial charge is 0.255 e. The predicted octanol–water partition coefficient (Wildman–Crippen LogP) is 5.05. The number of hydrogen-bond acceptors (Lipinski definition) is 4. The Labute approximate surface area is 147 Å². The van der Waals surface area contributed by atoms with Crippen LogP contribution >= 0.6 is 34.5 Å². The van der Waals surface area contributed by atoms with E-state index in [-0.39, 0.29) is 5.91 Å². The average molecular weight is 366 g/mol. The first-order chi connectivity index (χ1) is 10.9. The maximum absolute atomic E-state index is 12.5. The average Bonchev–Trinajstić information content (AvgIpc) is 2.86. The van der Waals surface area contributed by atoms with Gasteiger partial charge in [-0.25, -0.2) is 4.98 Å². The molecule has 0 bridgehead atoms. The minimum Gasteiger partial charge on any atom is -0.375 e. The van der Waals surface area contributed by atoms with Crippen LogP contribution in [0.4, 0.5) is 10.8 Å². The van der Waals surface area contributed by atoms with Crippen molar-refractivity contribution in [1.29, 1.82) is 0 Å². The normalized spacial score (nSPS) is 11.0. The summed E-state index contributed by atoms with van der Waals surface area (Å²) in [7, 11) is 0. The zero-order valence-corrected chi connectivity index (χ0v) is 14.7. The van der Waals surface area contributed by atoms with Crippen molar-refractivity contribution in [3.8, 4) is 0 Å². The molecule has 0 aliphatic heterocycles. The van der Waals surface area contributed by atoms with Gasteiger partial charge in [-0.2, -0.15) is 0 Å². The van der Waals surface area contributed by atoms with Gasteiger partial charge in [-0.3, -0.25) is 4.79 Å². The Kier molecular flexibility index (Phi) is 4.19. The largest absolute Gasteiger partial charge is 0.375 e. The molecule has 0 spiro atoms. The van der Waals surface area contributed by atoms with Crippen molar-refractivity contribution < 1.29 is 4.79 Å². The van der Waals surface area contributed by atoms with Crippen LogP contribution in [0.25, 0.3) is 10.2 Å². The van der Waals surface area contributed by atoms with Crippen LogP contribution in [0, 0.1) is 13.8 Å². The first-order valence-corrected chi connectivity index (χ1v) is 8.36. The van der Waals surface area contributed by atoms with Crippen LogP contribution in [0.3, 0.4) is 0 Å². The highest BCUT2D eigenvalue weighted by Crippen LogP contribution is 2.34. The fourth-order valence-corrected chi connectivity index (χ4v) is 3.53. The first-order valence-electron chi connectivity index (χ1n) is 6.79. The lowest BCUT2D eigenvalue weighted by Gasteiger charge is -2.12. The van der Waals surface area contributed by atoms with E-state index in [1.165, 1.54) is 11.3 Å². The van der Waals surface area contributed by atoms with Gasteiger partial charge in [0.1, 0.15) is 0 Å². The standard InChI is InChI=1S/C16H13Cl2N3OS/c1-7-5-12-14(23-16(19)20-12)8(2)13(7)21-15(22)9-3-4-10(17)11(18)6-9/h3-6H,1-2H3,(H2,19,20)(H,21,22). The molecule has 0 saturated carbocycles. The third-order valence-corrected chi connectivity index (χ3v) is 5.31. The number of aryl methyl sites for hydroxylation is 2. The van der Waals surface area contributed by atoms with Gasteiger partial charge in [0.15, 0.2) is 5.13 Å². The molecule has 0 aliphatic rings. The Morgan fingerprint density at radius 1 is 1.22 bits per heavy atom. The molecule has 23 heavy (non-hydrogen) atoms. The van der Waals surface area contributed by atoms with Crippen LogP contribution in [0.5, 0.6) is 0 Å². The van der Waals surface area contributed by atoms with Gasteiger partial charge in [0.25, 0.3) is 5.91 Å². The van der Waals surface area contributed by atoms with Crippen molar-refractivity contribution in [1.82, 2.24) is 4.98 Å². The summed E-state index contributed by atoms with van der Waals surface area (Å²) < 4.78 is 0.970. The van der Waals surface area contributed by atoms with E-state index in [2.05, 4.69) is 10.3 Å². The zero-order chi connectivity index (χ0) is 16.7. The Morgan fingerprint density at radius 2 is 1.96 bits per heavy atom. The number of aromatic nitrogens is 1. The van der Waals surface area contributed by atoms with Crippen molar-refractivity contribution in [2.45, 2.75) is 13.8 Å². The SMILES string of the molecule is Cc1cc2nc(N)sc2c(C)c1NC(=O)c1ccc(Cl)c(Cl)c1. The molecule has 7 heteroatoms. The highest BCUT2D eigenvalue weighted by atomic mass is 35.5. The summed E-state index contributed by atoms with van der Waals surface area (Å²) in [6.07, 6.45) is 0. The third-order valence-electron chi connectivity index (χ3n) is 3.55. The molecule has 0 fully saturated rings. The Balaban J connectivity index is 2.00. The summed E-state index contributed by atoms with van der Waals surface area (Å²) in [5, 5.41) is 4.21. The number of fused-ring (bicyclic) bond motifs is 1. The molecule has 0 unspecified atom stereocenters. The zero-order valence-electron chi connectivity index (χ0n) is 12.4. The van der Waals surface area contributed by atoms with Gasteiger partial charge in [0.05, 0.1) is 20.3 Å². The quantitative estimate of drug-likeness (QED) is 0.667. The number of thiazole rings is 1. The van der Waals surface area contributed by atoms with Gasteiger partial charge in [0.2, 0.25) is 0 Å². The van der Waals surface area contributed by atoms with Crippen LogP contribution in [0.1, 0.15) is 21.5 Å². The molecule has 3 aromatic rings. The number of nitrogens with one attached hydrogen (secondary N) is 1. The number of anilines is 2. The summed E-state index contributed by atoms with van der Waals surface area (Å²) in [5.41, 5.74) is 9.70. The lowest BCUT2D eigenvalue weighted by molar-refractivity contribution is 0.102. The van der Waals surface area contributed by atoms with Crippen LogP contribution in [-0.2, 0) is 0 Å². The van der Waals surface area contributed by atoms with Gasteiger partial charge < -0.3 is 11.1 Å². The van der Waals surface area contributed by atoms with Gasteiger partial charge in [-0.1, -0.05) is 34.5 Å². The summed E-state index contributed by atoms with van der Waals surface area (Å²) in [5.74, 6) is -0.244. The van der Waals surface area contributed by atoms with Crippen molar-refractivity contribution in [2.75, 3.05) is 11.1 Å². The second-order valence-corrected chi connectivity index (χ2v) is 7.02. The number of nitrogen functional groups attached to an aromatic ring is 1. The lowest BCUT2D eigenvalue weighted by Crippen LogP contribution is -2.13. The third kappa shape index (κ3) is 3.00. The molecule has 0 saturated heterocycles. The van der Waals surface area contributed by atoms with Crippen molar-refractivity contribution >= 4 is 61.5 Å². The molecule has 118 valence electrons. The van der Waals surface area contributed by atoms with Gasteiger partial charge in [0, 0.05) is 11.3 Å². The predicted molar refractivity (Wildman–Crippen MR) is 97.9 cm³/mol. The van der Waals surface area contributed by atoms with Gasteiger partial charge >= 0.3 is 0 Å².